The van der Waals surface area contributed by atoms with E-state index in [0.29, 0.717) is 39.5 Å². The van der Waals surface area contributed by atoms with Gasteiger partial charge in [0.2, 0.25) is 0 Å². The molecule has 0 aliphatic heterocycles. The number of carbonyl (C=O) groups excluding carboxylic acids is 1. The summed E-state index contributed by atoms with van der Waals surface area (Å²) in [6.45, 7) is 9.92. The summed E-state index contributed by atoms with van der Waals surface area (Å²) in [5.74, 6) is 1.46. The predicted octanol–water partition coefficient (Wildman–Crippen LogP) is 6.72. The molecule has 0 spiro atoms. The zero-order chi connectivity index (χ0) is 23.5. The lowest BCUT2D eigenvalue weighted by Crippen LogP contribution is -2.04. The van der Waals surface area contributed by atoms with Gasteiger partial charge in [0.25, 0.3) is 0 Å². The molecule has 0 unspecified atom stereocenters. The number of H-pyrrole nitrogens is 1. The summed E-state index contributed by atoms with van der Waals surface area (Å²) in [5.41, 5.74) is 1.38. The van der Waals surface area contributed by atoms with Gasteiger partial charge in [-0.3, -0.25) is 4.79 Å². The van der Waals surface area contributed by atoms with Gasteiger partial charge in [-0.2, -0.15) is 0 Å². The van der Waals surface area contributed by atoms with Gasteiger partial charge in [0.1, 0.15) is 29.3 Å². The number of hydrogen-bond donors (Lipinski definition) is 2. The number of nitrogens with one attached hydrogen (secondary N) is 2. The SMILES string of the molecule is C=C/C=C(\C=C/C)Oc1ccc(C(=O)c2c[nH]c3ncnc(NC)c23)c(Cl)c1.CCCC. The lowest BCUT2D eigenvalue weighted by atomic mass is 10.0. The molecule has 0 aliphatic rings. The van der Waals surface area contributed by atoms with Gasteiger partial charge in [-0.15, -0.1) is 0 Å². The largest absolute Gasteiger partial charge is 0.457 e. The Balaban J connectivity index is 0.000000837. The summed E-state index contributed by atoms with van der Waals surface area (Å²) >= 11 is 6.39. The van der Waals surface area contributed by atoms with Crippen LogP contribution in [0.4, 0.5) is 5.82 Å². The Labute approximate surface area is 194 Å². The van der Waals surface area contributed by atoms with Crippen molar-refractivity contribution in [2.45, 2.75) is 33.6 Å². The molecular formula is C25H29ClN4O2. The maximum atomic E-state index is 13.1. The van der Waals surface area contributed by atoms with Crippen LogP contribution in [0, 0.1) is 0 Å². The molecule has 3 aromatic rings. The Hall–Kier alpha value is -3.38. The molecule has 1 aromatic carbocycles. The Kier molecular flexibility index (Phi) is 9.70. The standard InChI is InChI=1S/C21H19ClN4O2.C4H10/c1-4-6-13(7-5-2)28-14-8-9-15(17(22)10-14)19(27)16-11-24-21-18(16)20(23-3)25-12-26-21;1-3-4-2/h4-12H,1H2,2-3H3,(H2,23,24,25,26);3-4H2,1-2H3/b7-5-,13-6+;. The van der Waals surface area contributed by atoms with Gasteiger partial charge < -0.3 is 15.0 Å². The normalized spacial score (nSPS) is 11.2. The van der Waals surface area contributed by atoms with Crippen molar-refractivity contribution in [3.8, 4) is 5.75 Å². The Morgan fingerprint density at radius 2 is 2.00 bits per heavy atom. The van der Waals surface area contributed by atoms with Gasteiger partial charge in [0, 0.05) is 24.9 Å². The topological polar surface area (TPSA) is 79.9 Å². The Morgan fingerprint density at radius 3 is 2.59 bits per heavy atom. The van der Waals surface area contributed by atoms with E-state index in [1.54, 1.807) is 49.7 Å². The first-order valence-corrected chi connectivity index (χ1v) is 10.9. The number of nitrogens with zero attached hydrogens (tertiary/aromatic N) is 2. The number of anilines is 1. The number of allylic oxidation sites excluding steroid dienone is 4. The fraction of sp³-hybridized carbons (Fsp3) is 0.240. The summed E-state index contributed by atoms with van der Waals surface area (Å²) in [5, 5.41) is 3.89. The third kappa shape index (κ3) is 6.08. The smallest absolute Gasteiger partial charge is 0.196 e. The summed E-state index contributed by atoms with van der Waals surface area (Å²) in [7, 11) is 1.74. The minimum Gasteiger partial charge on any atom is -0.457 e. The minimum atomic E-state index is -0.232. The molecule has 168 valence electrons. The van der Waals surface area contributed by atoms with E-state index >= 15 is 0 Å². The number of ether oxygens (including phenoxy) is 1. The van der Waals surface area contributed by atoms with Gasteiger partial charge in [0.15, 0.2) is 5.78 Å². The van der Waals surface area contributed by atoms with E-state index in [4.69, 9.17) is 16.3 Å². The highest BCUT2D eigenvalue weighted by Gasteiger charge is 2.20. The van der Waals surface area contributed by atoms with Gasteiger partial charge in [0.05, 0.1) is 16.0 Å². The van der Waals surface area contributed by atoms with Crippen molar-refractivity contribution in [2.75, 3.05) is 12.4 Å². The van der Waals surface area contributed by atoms with Crippen molar-refractivity contribution in [3.63, 3.8) is 0 Å². The van der Waals surface area contributed by atoms with Crippen LogP contribution in [0.15, 0.2) is 67.4 Å². The summed E-state index contributed by atoms with van der Waals surface area (Å²) in [6, 6.07) is 4.95. The van der Waals surface area contributed by atoms with Crippen LogP contribution in [0.1, 0.15) is 49.5 Å². The second-order valence-electron chi connectivity index (χ2n) is 6.78. The van der Waals surface area contributed by atoms with Crippen LogP contribution in [-0.4, -0.2) is 27.8 Å². The molecule has 2 N–H and O–H groups in total. The van der Waals surface area contributed by atoms with E-state index in [9.17, 15) is 4.79 Å². The Bertz CT molecular complexity index is 1130. The predicted molar refractivity (Wildman–Crippen MR) is 133 cm³/mol. The molecule has 3 rings (SSSR count). The number of aromatic nitrogens is 3. The number of unbranched alkanes of at least 4 members (excludes halogenated alkanes) is 1. The first-order valence-electron chi connectivity index (χ1n) is 10.5. The van der Waals surface area contributed by atoms with Crippen LogP contribution >= 0.6 is 11.6 Å². The van der Waals surface area contributed by atoms with Crippen LogP contribution in [0.3, 0.4) is 0 Å². The van der Waals surface area contributed by atoms with Gasteiger partial charge in [-0.25, -0.2) is 9.97 Å². The molecule has 2 aromatic heterocycles. The number of rotatable bonds is 8. The van der Waals surface area contributed by atoms with Crippen LogP contribution in [0.2, 0.25) is 5.02 Å². The van der Waals surface area contributed by atoms with Crippen LogP contribution in [-0.2, 0) is 0 Å². The van der Waals surface area contributed by atoms with Crippen LogP contribution in [0.25, 0.3) is 11.0 Å². The number of carbonyl (C=O) groups is 1. The van der Waals surface area contributed by atoms with E-state index in [1.807, 2.05) is 13.0 Å². The zero-order valence-electron chi connectivity index (χ0n) is 18.9. The summed E-state index contributed by atoms with van der Waals surface area (Å²) < 4.78 is 5.78. The second kappa shape index (κ2) is 12.5. The highest BCUT2D eigenvalue weighted by Crippen LogP contribution is 2.30. The van der Waals surface area contributed by atoms with Crippen molar-refractivity contribution in [3.05, 3.63) is 83.5 Å². The number of aromatic amines is 1. The van der Waals surface area contributed by atoms with Crippen molar-refractivity contribution in [1.82, 2.24) is 15.0 Å². The van der Waals surface area contributed by atoms with Crippen molar-refractivity contribution >= 4 is 34.2 Å². The molecule has 0 amide bonds. The second-order valence-corrected chi connectivity index (χ2v) is 7.18. The molecular weight excluding hydrogens is 424 g/mol. The summed E-state index contributed by atoms with van der Waals surface area (Å²) in [4.78, 5) is 24.4. The molecule has 2 heterocycles. The van der Waals surface area contributed by atoms with Crippen molar-refractivity contribution in [1.29, 1.82) is 0 Å². The molecule has 0 saturated heterocycles. The van der Waals surface area contributed by atoms with E-state index in [2.05, 4.69) is 40.7 Å². The fourth-order valence-corrected chi connectivity index (χ4v) is 3.02. The van der Waals surface area contributed by atoms with Crippen LogP contribution in [0.5, 0.6) is 5.75 Å². The molecule has 0 fully saturated rings. The third-order valence-electron chi connectivity index (χ3n) is 4.49. The number of ketones is 1. The van der Waals surface area contributed by atoms with Gasteiger partial charge in [-0.05, 0) is 31.2 Å². The molecule has 0 radical (unpaired) electrons. The highest BCUT2D eigenvalue weighted by molar-refractivity contribution is 6.35. The number of hydrogen-bond acceptors (Lipinski definition) is 5. The minimum absolute atomic E-state index is 0.232. The molecule has 0 aliphatic carbocycles. The van der Waals surface area contributed by atoms with Crippen LogP contribution < -0.4 is 10.1 Å². The quantitative estimate of drug-likeness (QED) is 0.225. The number of fused-ring (bicyclic) bond motifs is 1. The highest BCUT2D eigenvalue weighted by atomic mass is 35.5. The van der Waals surface area contributed by atoms with E-state index in [0.717, 1.165) is 0 Å². The maximum absolute atomic E-state index is 13.1. The van der Waals surface area contributed by atoms with Crippen molar-refractivity contribution in [2.24, 2.45) is 0 Å². The number of benzene rings is 1. The zero-order valence-corrected chi connectivity index (χ0v) is 19.7. The lowest BCUT2D eigenvalue weighted by molar-refractivity contribution is 0.104. The first kappa shape index (κ1) is 24.9. The molecule has 7 heteroatoms. The van der Waals surface area contributed by atoms with Gasteiger partial charge in [-0.1, -0.05) is 57.0 Å². The van der Waals surface area contributed by atoms with Gasteiger partial charge >= 0.3 is 0 Å². The molecule has 6 nitrogen and oxygen atoms in total. The Morgan fingerprint density at radius 1 is 1.25 bits per heavy atom. The first-order chi connectivity index (χ1) is 15.5. The fourth-order valence-electron chi connectivity index (χ4n) is 2.76. The number of halogens is 1. The van der Waals surface area contributed by atoms with Crippen molar-refractivity contribution < 1.29 is 9.53 Å². The molecule has 0 atom stereocenters. The van der Waals surface area contributed by atoms with E-state index < -0.39 is 0 Å². The van der Waals surface area contributed by atoms with E-state index in [1.165, 1.54) is 19.2 Å². The third-order valence-corrected chi connectivity index (χ3v) is 4.80. The average Bonchev–Trinajstić information content (AvgIpc) is 3.24. The molecule has 0 saturated carbocycles. The maximum Gasteiger partial charge on any atom is 0.196 e. The molecule has 0 bridgehead atoms. The summed E-state index contributed by atoms with van der Waals surface area (Å²) in [6.07, 6.45) is 12.7. The molecule has 32 heavy (non-hydrogen) atoms. The average molecular weight is 453 g/mol. The van der Waals surface area contributed by atoms with E-state index in [-0.39, 0.29) is 10.8 Å². The monoisotopic (exact) mass is 452 g/mol. The lowest BCUT2D eigenvalue weighted by Gasteiger charge is -2.09.